The Morgan fingerprint density at radius 2 is 1.48 bits per heavy atom. The molecule has 3 N–H and O–H groups in total. The predicted octanol–water partition coefficient (Wildman–Crippen LogP) is 3.74. The fourth-order valence-electron chi connectivity index (χ4n) is 5.91. The summed E-state index contributed by atoms with van der Waals surface area (Å²) >= 11 is 0. The Balaban J connectivity index is 1.12. The largest absolute Gasteiger partial charge is 0.381 e. The molecule has 3 fully saturated rings. The lowest BCUT2D eigenvalue weighted by atomic mass is 9.99. The van der Waals surface area contributed by atoms with Gasteiger partial charge in [0, 0.05) is 54.7 Å². The summed E-state index contributed by atoms with van der Waals surface area (Å²) < 4.78 is 11.4. The number of hydrogen-bond acceptors (Lipinski definition) is 9. The van der Waals surface area contributed by atoms with Gasteiger partial charge in [0.15, 0.2) is 5.82 Å². The van der Waals surface area contributed by atoms with Gasteiger partial charge in [-0.15, -0.1) is 0 Å². The van der Waals surface area contributed by atoms with Crippen LogP contribution in [0.3, 0.4) is 0 Å². The van der Waals surface area contributed by atoms with E-state index in [1.54, 1.807) is 24.3 Å². The fourth-order valence-corrected chi connectivity index (χ4v) is 5.91. The smallest absolute Gasteiger partial charge is 0.323 e. The number of nitrogens with one attached hydrogen (secondary N) is 3. The Kier molecular flexibility index (Phi) is 9.29. The van der Waals surface area contributed by atoms with Crippen LogP contribution in [0.5, 0.6) is 0 Å². The third-order valence-corrected chi connectivity index (χ3v) is 8.35. The number of rotatable bonds is 9. The first-order valence-electron chi connectivity index (χ1n) is 15.3. The Labute approximate surface area is 257 Å². The average Bonchev–Trinajstić information content (AvgIpc) is 3.29. The van der Waals surface area contributed by atoms with Crippen molar-refractivity contribution < 1.29 is 19.1 Å². The summed E-state index contributed by atoms with van der Waals surface area (Å²) in [5, 5.41) is 8.56. The zero-order chi connectivity index (χ0) is 30.5. The van der Waals surface area contributed by atoms with Crippen LogP contribution in [0.25, 0.3) is 11.4 Å². The quantitative estimate of drug-likeness (QED) is 0.336. The monoisotopic (exact) mass is 600 g/mol. The van der Waals surface area contributed by atoms with E-state index in [1.165, 1.54) is 0 Å². The minimum atomic E-state index is -0.382. The molecule has 2 bridgehead atoms. The van der Waals surface area contributed by atoms with Gasteiger partial charge in [0.25, 0.3) is 5.91 Å². The van der Waals surface area contributed by atoms with Crippen molar-refractivity contribution in [1.82, 2.24) is 25.2 Å². The molecule has 3 saturated heterocycles. The SMILES string of the molecule is CN(C)CCNC(=O)c1ccc(NC(=O)Nc2ccc(-c3nc(C4CCOCC4)nc(N4C5CCC4COC5)n3)cc2)cc1. The molecular weight excluding hydrogens is 560 g/mol. The van der Waals surface area contributed by atoms with Gasteiger partial charge in [-0.2, -0.15) is 9.97 Å². The summed E-state index contributed by atoms with van der Waals surface area (Å²) in [7, 11) is 3.91. The highest BCUT2D eigenvalue weighted by molar-refractivity contribution is 6.00. The first-order chi connectivity index (χ1) is 21.4. The normalized spacial score (nSPS) is 20.0. The van der Waals surface area contributed by atoms with Crippen LogP contribution < -0.4 is 20.9 Å². The minimum Gasteiger partial charge on any atom is -0.381 e. The van der Waals surface area contributed by atoms with Crippen molar-refractivity contribution in [2.24, 2.45) is 0 Å². The van der Waals surface area contributed by atoms with Crippen LogP contribution in [0.4, 0.5) is 22.1 Å². The van der Waals surface area contributed by atoms with Gasteiger partial charge < -0.3 is 35.2 Å². The Morgan fingerprint density at radius 1 is 0.841 bits per heavy atom. The van der Waals surface area contributed by atoms with Crippen molar-refractivity contribution in [3.8, 4) is 11.4 Å². The molecule has 3 amide bonds. The zero-order valence-electron chi connectivity index (χ0n) is 25.3. The number of likely N-dealkylation sites (N-methyl/N-ethyl adjacent to an activating group) is 1. The van der Waals surface area contributed by atoms with Gasteiger partial charge in [-0.3, -0.25) is 4.79 Å². The number of carbonyl (C=O) groups is 2. The van der Waals surface area contributed by atoms with E-state index in [4.69, 9.17) is 24.4 Å². The van der Waals surface area contributed by atoms with Gasteiger partial charge in [0.05, 0.1) is 25.3 Å². The van der Waals surface area contributed by atoms with Gasteiger partial charge in [-0.1, -0.05) is 0 Å². The third-order valence-electron chi connectivity index (χ3n) is 8.35. The molecule has 0 radical (unpaired) electrons. The van der Waals surface area contributed by atoms with Gasteiger partial charge in [-0.05, 0) is 88.3 Å². The number of benzene rings is 2. The molecule has 2 aromatic carbocycles. The topological polar surface area (TPSA) is 134 Å². The number of urea groups is 1. The van der Waals surface area contributed by atoms with Crippen LogP contribution >= 0.6 is 0 Å². The minimum absolute atomic E-state index is 0.148. The van der Waals surface area contributed by atoms with Crippen LogP contribution in [0.1, 0.15) is 47.8 Å². The van der Waals surface area contributed by atoms with Crippen molar-refractivity contribution in [3.05, 3.63) is 59.9 Å². The average molecular weight is 601 g/mol. The molecule has 232 valence electrons. The molecule has 6 rings (SSSR count). The van der Waals surface area contributed by atoms with Gasteiger partial charge in [0.1, 0.15) is 5.82 Å². The molecule has 12 heteroatoms. The predicted molar refractivity (Wildman–Crippen MR) is 168 cm³/mol. The van der Waals surface area contributed by atoms with Crippen LogP contribution in [-0.4, -0.2) is 97.5 Å². The van der Waals surface area contributed by atoms with Crippen LogP contribution in [0, 0.1) is 0 Å². The number of aromatic nitrogens is 3. The summed E-state index contributed by atoms with van der Waals surface area (Å²) in [5.74, 6) is 2.26. The molecule has 3 aliphatic rings. The molecule has 2 unspecified atom stereocenters. The number of amides is 3. The molecule has 0 aliphatic carbocycles. The number of carbonyl (C=O) groups excluding carboxylic acids is 2. The molecule has 12 nitrogen and oxygen atoms in total. The summed E-state index contributed by atoms with van der Waals surface area (Å²) in [6, 6.07) is 14.5. The maximum atomic E-state index is 12.7. The second kappa shape index (κ2) is 13.7. The fraction of sp³-hybridized carbons (Fsp3) is 0.469. The maximum absolute atomic E-state index is 12.7. The first kappa shape index (κ1) is 29.9. The van der Waals surface area contributed by atoms with Gasteiger partial charge >= 0.3 is 6.03 Å². The van der Waals surface area contributed by atoms with E-state index in [9.17, 15) is 9.59 Å². The Morgan fingerprint density at radius 3 is 2.11 bits per heavy atom. The van der Waals surface area contributed by atoms with Crippen molar-refractivity contribution in [2.75, 3.05) is 69.1 Å². The molecule has 4 heterocycles. The number of fused-ring (bicyclic) bond motifs is 2. The lowest BCUT2D eigenvalue weighted by molar-refractivity contribution is 0.0831. The van der Waals surface area contributed by atoms with E-state index >= 15 is 0 Å². The Bertz CT molecular complexity index is 1430. The maximum Gasteiger partial charge on any atom is 0.323 e. The molecule has 0 spiro atoms. The number of ether oxygens (including phenoxy) is 2. The number of hydrogen-bond donors (Lipinski definition) is 3. The highest BCUT2D eigenvalue weighted by Gasteiger charge is 2.39. The standard InChI is InChI=1S/C32H40N8O4/c1-39(2)16-15-33-30(41)23-5-9-25(10-6-23)35-32(42)34-24-7-3-21(4-8-24)28-36-29(22-13-17-43-18-14-22)38-31(37-28)40-26-11-12-27(40)20-44-19-26/h3-10,22,26-27H,11-20H2,1-2H3,(H,33,41)(H2,34,35,42). The van der Waals surface area contributed by atoms with E-state index in [-0.39, 0.29) is 29.9 Å². The molecule has 0 saturated carbocycles. The first-order valence-corrected chi connectivity index (χ1v) is 15.3. The van der Waals surface area contributed by atoms with E-state index in [0.717, 1.165) is 49.6 Å². The van der Waals surface area contributed by atoms with Gasteiger partial charge in [-0.25, -0.2) is 9.78 Å². The molecule has 44 heavy (non-hydrogen) atoms. The van der Waals surface area contributed by atoms with Crippen LogP contribution in [-0.2, 0) is 9.47 Å². The van der Waals surface area contributed by atoms with Crippen molar-refractivity contribution >= 4 is 29.3 Å². The zero-order valence-corrected chi connectivity index (χ0v) is 25.3. The van der Waals surface area contributed by atoms with Crippen molar-refractivity contribution in [3.63, 3.8) is 0 Å². The second-order valence-corrected chi connectivity index (χ2v) is 11.8. The van der Waals surface area contributed by atoms with E-state index < -0.39 is 0 Å². The summed E-state index contributed by atoms with van der Waals surface area (Å²) in [6.07, 6.45) is 3.95. The highest BCUT2D eigenvalue weighted by Crippen LogP contribution is 2.34. The van der Waals surface area contributed by atoms with Crippen LogP contribution in [0.15, 0.2) is 48.5 Å². The van der Waals surface area contributed by atoms with Crippen LogP contribution in [0.2, 0.25) is 0 Å². The number of morpholine rings is 1. The number of anilines is 3. The number of nitrogens with zero attached hydrogens (tertiary/aromatic N) is 5. The van der Waals surface area contributed by atoms with E-state index in [0.29, 0.717) is 55.7 Å². The van der Waals surface area contributed by atoms with E-state index in [2.05, 4.69) is 20.9 Å². The third kappa shape index (κ3) is 7.15. The lowest BCUT2D eigenvalue weighted by Gasteiger charge is -2.35. The summed E-state index contributed by atoms with van der Waals surface area (Å²) in [4.78, 5) is 44.2. The molecule has 1 aromatic heterocycles. The van der Waals surface area contributed by atoms with Crippen molar-refractivity contribution in [1.29, 1.82) is 0 Å². The molecule has 2 atom stereocenters. The van der Waals surface area contributed by atoms with Crippen molar-refractivity contribution in [2.45, 2.75) is 43.7 Å². The summed E-state index contributed by atoms with van der Waals surface area (Å²) in [6.45, 7) is 4.14. The molecule has 3 aliphatic heterocycles. The van der Waals surface area contributed by atoms with Gasteiger partial charge in [0.2, 0.25) is 5.95 Å². The molecular formula is C32H40N8O4. The Hall–Kier alpha value is -4.13. The second-order valence-electron chi connectivity index (χ2n) is 11.8. The molecule has 3 aromatic rings. The summed E-state index contributed by atoms with van der Waals surface area (Å²) in [5.41, 5.74) is 2.61. The van der Waals surface area contributed by atoms with E-state index in [1.807, 2.05) is 43.3 Å². The lowest BCUT2D eigenvalue weighted by Crippen LogP contribution is -2.47. The highest BCUT2D eigenvalue weighted by atomic mass is 16.5.